The second kappa shape index (κ2) is 5.88. The van der Waals surface area contributed by atoms with Crippen molar-refractivity contribution in [1.82, 2.24) is 9.97 Å². The monoisotopic (exact) mass is 463 g/mol. The van der Waals surface area contributed by atoms with Crippen LogP contribution in [0.25, 0.3) is 10.7 Å². The molecule has 1 aliphatic rings. The van der Waals surface area contributed by atoms with Gasteiger partial charge in [0, 0.05) is 21.8 Å². The van der Waals surface area contributed by atoms with Gasteiger partial charge in [0.15, 0.2) is 5.82 Å². The zero-order valence-corrected chi connectivity index (χ0v) is 15.9. The first-order chi connectivity index (χ1) is 9.60. The van der Waals surface area contributed by atoms with Gasteiger partial charge in [-0.3, -0.25) is 0 Å². The minimum absolute atomic E-state index is 0.630. The van der Waals surface area contributed by atoms with E-state index in [1.807, 2.05) is 0 Å². The van der Waals surface area contributed by atoms with Crippen LogP contribution < -0.4 is 5.32 Å². The van der Waals surface area contributed by atoms with Gasteiger partial charge in [0.05, 0.1) is 14.1 Å². The van der Waals surface area contributed by atoms with Crippen LogP contribution in [0.3, 0.4) is 0 Å². The molecule has 2 aromatic heterocycles. The van der Waals surface area contributed by atoms with Crippen LogP contribution in [0, 0.1) is 10.5 Å². The molecule has 3 rings (SSSR count). The summed E-state index contributed by atoms with van der Waals surface area (Å²) in [5.74, 6) is 2.45. The third-order valence-electron chi connectivity index (χ3n) is 3.26. The topological polar surface area (TPSA) is 37.8 Å². The van der Waals surface area contributed by atoms with E-state index in [9.17, 15) is 0 Å². The first-order valence-corrected chi connectivity index (χ1v) is 9.36. The molecule has 2 aromatic rings. The Hall–Kier alpha value is -0.210. The maximum atomic E-state index is 4.83. The number of aryl methyl sites for hydroxylation is 1. The predicted octanol–water partition coefficient (Wildman–Crippen LogP) is 5.19. The van der Waals surface area contributed by atoms with Crippen LogP contribution in [0.4, 0.5) is 5.82 Å². The summed E-state index contributed by atoms with van der Waals surface area (Å²) in [6.07, 6.45) is 2.51. The van der Waals surface area contributed by atoms with Crippen LogP contribution in [-0.2, 0) is 0 Å². The molecule has 0 aromatic carbocycles. The van der Waals surface area contributed by atoms with Gasteiger partial charge in [-0.05, 0) is 71.3 Å². The van der Waals surface area contributed by atoms with E-state index in [2.05, 4.69) is 63.8 Å². The molecule has 106 valence electrons. The molecule has 1 saturated carbocycles. The summed E-state index contributed by atoms with van der Waals surface area (Å²) in [5.41, 5.74) is 1.22. The van der Waals surface area contributed by atoms with E-state index in [4.69, 9.17) is 9.97 Å². The normalized spacial score (nSPS) is 14.6. The second-order valence-electron chi connectivity index (χ2n) is 4.91. The summed E-state index contributed by atoms with van der Waals surface area (Å²) in [4.78, 5) is 11.9. The van der Waals surface area contributed by atoms with Crippen molar-refractivity contribution in [3.8, 4) is 10.7 Å². The molecule has 3 nitrogen and oxygen atoms in total. The number of aromatic nitrogens is 2. The highest BCUT2D eigenvalue weighted by Gasteiger charge is 2.29. The molecule has 0 unspecified atom stereocenters. The van der Waals surface area contributed by atoms with Gasteiger partial charge in [0.2, 0.25) is 0 Å². The third-order valence-corrected chi connectivity index (χ3v) is 6.46. The molecule has 0 radical (unpaired) electrons. The van der Waals surface area contributed by atoms with Gasteiger partial charge in [0.25, 0.3) is 0 Å². The molecule has 2 heterocycles. The van der Waals surface area contributed by atoms with Gasteiger partial charge in [-0.15, -0.1) is 11.3 Å². The highest BCUT2D eigenvalue weighted by Crippen LogP contribution is 2.43. The summed E-state index contributed by atoms with van der Waals surface area (Å²) in [6, 6.07) is 2.12. The molecule has 6 heteroatoms. The van der Waals surface area contributed by atoms with Crippen molar-refractivity contribution in [1.29, 1.82) is 0 Å². The molecule has 1 fully saturated rings. The molecule has 0 aliphatic heterocycles. The van der Waals surface area contributed by atoms with Gasteiger partial charge in [-0.25, -0.2) is 9.97 Å². The highest BCUT2D eigenvalue weighted by atomic mass is 127. The van der Waals surface area contributed by atoms with Gasteiger partial charge in [-0.1, -0.05) is 0 Å². The Labute approximate surface area is 144 Å². The number of anilines is 1. The first-order valence-electron chi connectivity index (χ1n) is 6.67. The van der Waals surface area contributed by atoms with E-state index < -0.39 is 0 Å². The Kier molecular flexibility index (Phi) is 4.33. The number of hydrogen-bond acceptors (Lipinski definition) is 4. The largest absolute Gasteiger partial charge is 0.369 e. The number of rotatable bonds is 4. The Balaban J connectivity index is 2.10. The van der Waals surface area contributed by atoms with E-state index >= 15 is 0 Å². The minimum Gasteiger partial charge on any atom is -0.369 e. The van der Waals surface area contributed by atoms with Crippen molar-refractivity contribution in [3.05, 3.63) is 24.7 Å². The van der Waals surface area contributed by atoms with Crippen LogP contribution in [0.5, 0.6) is 0 Å². The van der Waals surface area contributed by atoms with Gasteiger partial charge >= 0.3 is 0 Å². The lowest BCUT2D eigenvalue weighted by molar-refractivity contribution is 0.974. The average molecular weight is 464 g/mol. The van der Waals surface area contributed by atoms with Crippen LogP contribution in [0.1, 0.15) is 36.3 Å². The first kappa shape index (κ1) is 14.7. The molecule has 20 heavy (non-hydrogen) atoms. The van der Waals surface area contributed by atoms with Gasteiger partial charge in [0.1, 0.15) is 5.82 Å². The fraction of sp³-hybridized carbons (Fsp3) is 0.429. The molecule has 1 N–H and O–H groups in total. The standard InChI is InChI=1S/C14H15BrIN3S/c1-3-17-14-11(16)12(8-4-5-8)18-13(19-14)10-6-9(15)7(2)20-10/h6,8H,3-5H2,1-2H3,(H,17,18,19). The maximum Gasteiger partial charge on any atom is 0.171 e. The summed E-state index contributed by atoms with van der Waals surface area (Å²) < 4.78 is 2.32. The molecular formula is C14H15BrIN3S. The molecule has 0 spiro atoms. The van der Waals surface area contributed by atoms with Gasteiger partial charge < -0.3 is 5.32 Å². The number of hydrogen-bond donors (Lipinski definition) is 1. The number of thiophene rings is 1. The predicted molar refractivity (Wildman–Crippen MR) is 96.6 cm³/mol. The molecule has 1 aliphatic carbocycles. The van der Waals surface area contributed by atoms with Crippen LogP contribution in [0.15, 0.2) is 10.5 Å². The average Bonchev–Trinajstić information content (AvgIpc) is 3.19. The van der Waals surface area contributed by atoms with E-state index in [-0.39, 0.29) is 0 Å². The molecular weight excluding hydrogens is 449 g/mol. The smallest absolute Gasteiger partial charge is 0.171 e. The van der Waals surface area contributed by atoms with E-state index in [1.165, 1.54) is 27.0 Å². The van der Waals surface area contributed by atoms with E-state index in [1.54, 1.807) is 11.3 Å². The number of nitrogens with one attached hydrogen (secondary N) is 1. The second-order valence-corrected chi connectivity index (χ2v) is 8.10. The van der Waals surface area contributed by atoms with Crippen molar-refractivity contribution < 1.29 is 0 Å². The SMILES string of the molecule is CCNc1nc(-c2cc(Br)c(C)s2)nc(C2CC2)c1I. The van der Waals surface area contributed by atoms with Gasteiger partial charge in [-0.2, -0.15) is 0 Å². The number of nitrogens with zero attached hydrogens (tertiary/aromatic N) is 2. The van der Waals surface area contributed by atoms with E-state index in [0.29, 0.717) is 5.92 Å². The zero-order valence-electron chi connectivity index (χ0n) is 11.3. The van der Waals surface area contributed by atoms with Crippen molar-refractivity contribution >= 4 is 55.7 Å². The molecule has 0 bridgehead atoms. The van der Waals surface area contributed by atoms with E-state index in [0.717, 1.165) is 27.5 Å². The summed E-state index contributed by atoms with van der Waals surface area (Å²) >= 11 is 7.69. The van der Waals surface area contributed by atoms with Crippen molar-refractivity contribution in [2.75, 3.05) is 11.9 Å². The number of halogens is 2. The quantitative estimate of drug-likeness (QED) is 0.634. The lowest BCUT2D eigenvalue weighted by Gasteiger charge is -2.11. The van der Waals surface area contributed by atoms with Crippen LogP contribution in [-0.4, -0.2) is 16.5 Å². The minimum atomic E-state index is 0.630. The fourth-order valence-electron chi connectivity index (χ4n) is 2.06. The summed E-state index contributed by atoms with van der Waals surface area (Å²) in [6.45, 7) is 5.09. The molecule has 0 atom stereocenters. The lowest BCUT2D eigenvalue weighted by Crippen LogP contribution is -2.07. The van der Waals surface area contributed by atoms with Crippen LogP contribution >= 0.6 is 49.9 Å². The maximum absolute atomic E-state index is 4.83. The Morgan fingerprint density at radius 2 is 2.20 bits per heavy atom. The molecule has 0 amide bonds. The molecule has 0 saturated heterocycles. The van der Waals surface area contributed by atoms with Crippen molar-refractivity contribution in [3.63, 3.8) is 0 Å². The Morgan fingerprint density at radius 3 is 2.75 bits per heavy atom. The van der Waals surface area contributed by atoms with Crippen LogP contribution in [0.2, 0.25) is 0 Å². The fourth-order valence-corrected chi connectivity index (χ4v) is 4.40. The highest BCUT2D eigenvalue weighted by molar-refractivity contribution is 14.1. The summed E-state index contributed by atoms with van der Waals surface area (Å²) in [5, 5.41) is 3.36. The Bertz CT molecular complexity index is 633. The Morgan fingerprint density at radius 1 is 1.45 bits per heavy atom. The zero-order chi connectivity index (χ0) is 14.3. The summed E-state index contributed by atoms with van der Waals surface area (Å²) in [7, 11) is 0. The lowest BCUT2D eigenvalue weighted by atomic mass is 10.2. The van der Waals surface area contributed by atoms with Crippen molar-refractivity contribution in [2.24, 2.45) is 0 Å². The third kappa shape index (κ3) is 2.87. The van der Waals surface area contributed by atoms with Crippen molar-refractivity contribution in [2.45, 2.75) is 32.6 Å².